The van der Waals surface area contributed by atoms with Crippen LogP contribution in [0.5, 0.6) is 0 Å². The molecule has 0 saturated carbocycles. The molecule has 0 radical (unpaired) electrons. The molecule has 0 aliphatic carbocycles. The fourth-order valence-electron chi connectivity index (χ4n) is 3.22. The lowest BCUT2D eigenvalue weighted by Crippen LogP contribution is -2.39. The van der Waals surface area contributed by atoms with E-state index in [2.05, 4.69) is 33.6 Å². The monoisotopic (exact) mass is 339 g/mol. The molecule has 0 saturated heterocycles. The van der Waals surface area contributed by atoms with Gasteiger partial charge in [0.25, 0.3) is 0 Å². The van der Waals surface area contributed by atoms with E-state index < -0.39 is 0 Å². The summed E-state index contributed by atoms with van der Waals surface area (Å²) in [5.41, 5.74) is 1.59. The van der Waals surface area contributed by atoms with Crippen LogP contribution in [0.1, 0.15) is 43.7 Å². The molecule has 25 heavy (non-hydrogen) atoms. The van der Waals surface area contributed by atoms with Crippen LogP contribution in [0.4, 0.5) is 0 Å². The molecule has 3 aromatic rings. The van der Waals surface area contributed by atoms with Gasteiger partial charge in [0.1, 0.15) is 11.3 Å². The summed E-state index contributed by atoms with van der Waals surface area (Å²) in [6, 6.07) is 7.64. The molecule has 1 amide bonds. The van der Waals surface area contributed by atoms with Crippen molar-refractivity contribution < 1.29 is 9.21 Å². The third-order valence-electron chi connectivity index (χ3n) is 4.54. The molecule has 0 fully saturated rings. The van der Waals surface area contributed by atoms with E-state index in [4.69, 9.17) is 4.42 Å². The van der Waals surface area contributed by atoms with Crippen LogP contribution in [0.2, 0.25) is 0 Å². The number of carbonyl (C=O) groups is 1. The van der Waals surface area contributed by atoms with E-state index in [1.807, 2.05) is 29.2 Å². The molecule has 1 aliphatic rings. The highest BCUT2D eigenvalue weighted by molar-refractivity contribution is 5.76. The minimum absolute atomic E-state index is 0.0996. The number of amides is 1. The second kappa shape index (κ2) is 6.31. The van der Waals surface area contributed by atoms with Crippen molar-refractivity contribution in [2.45, 2.75) is 45.7 Å². The smallest absolute Gasteiger partial charge is 0.223 e. The largest absolute Gasteiger partial charge is 0.441 e. The predicted octanol–water partition coefficient (Wildman–Crippen LogP) is 2.52. The van der Waals surface area contributed by atoms with Crippen LogP contribution >= 0.6 is 0 Å². The Kier molecular flexibility index (Phi) is 3.99. The van der Waals surface area contributed by atoms with Crippen molar-refractivity contribution in [3.05, 3.63) is 41.8 Å². The van der Waals surface area contributed by atoms with E-state index >= 15 is 0 Å². The minimum Gasteiger partial charge on any atom is -0.441 e. The average molecular weight is 339 g/mol. The Morgan fingerprint density at radius 1 is 1.24 bits per heavy atom. The number of benzene rings is 1. The Bertz CT molecular complexity index is 878. The van der Waals surface area contributed by atoms with Crippen LogP contribution in [0.25, 0.3) is 11.1 Å². The number of nitrogens with zero attached hydrogens (tertiary/aromatic N) is 5. The number of para-hydroxylation sites is 2. The standard InChI is InChI=1S/C18H21N5O2/c1-12(2)18-21-20-15-11-22(9-10-23(15)18)17(24)8-7-16-19-13-5-3-4-6-14(13)25-16/h3-6,12H,7-11H2,1-2H3. The van der Waals surface area contributed by atoms with Crippen molar-refractivity contribution in [3.8, 4) is 0 Å². The number of hydrogen-bond acceptors (Lipinski definition) is 5. The van der Waals surface area contributed by atoms with Crippen LogP contribution in [0.15, 0.2) is 28.7 Å². The normalized spacial score (nSPS) is 14.3. The van der Waals surface area contributed by atoms with E-state index in [0.29, 0.717) is 37.7 Å². The molecule has 7 heteroatoms. The third kappa shape index (κ3) is 3.01. The zero-order valence-corrected chi connectivity index (χ0v) is 14.5. The first-order chi connectivity index (χ1) is 12.1. The highest BCUT2D eigenvalue weighted by atomic mass is 16.3. The molecule has 0 spiro atoms. The lowest BCUT2D eigenvalue weighted by molar-refractivity contribution is -0.132. The van der Waals surface area contributed by atoms with Crippen molar-refractivity contribution >= 4 is 17.0 Å². The Morgan fingerprint density at radius 3 is 2.88 bits per heavy atom. The molecule has 130 valence electrons. The zero-order valence-electron chi connectivity index (χ0n) is 14.5. The first-order valence-electron chi connectivity index (χ1n) is 8.66. The number of oxazole rings is 1. The maximum atomic E-state index is 12.5. The number of fused-ring (bicyclic) bond motifs is 2. The number of carbonyl (C=O) groups excluding carboxylic acids is 1. The van der Waals surface area contributed by atoms with Crippen molar-refractivity contribution in [3.63, 3.8) is 0 Å². The van der Waals surface area contributed by atoms with Gasteiger partial charge < -0.3 is 13.9 Å². The minimum atomic E-state index is 0.0996. The third-order valence-corrected chi connectivity index (χ3v) is 4.54. The van der Waals surface area contributed by atoms with Crippen LogP contribution in [0.3, 0.4) is 0 Å². The first-order valence-corrected chi connectivity index (χ1v) is 8.66. The molecule has 7 nitrogen and oxygen atoms in total. The summed E-state index contributed by atoms with van der Waals surface area (Å²) in [5.74, 6) is 2.90. The van der Waals surface area contributed by atoms with Gasteiger partial charge in [-0.25, -0.2) is 4.98 Å². The molecular weight excluding hydrogens is 318 g/mol. The van der Waals surface area contributed by atoms with E-state index in [-0.39, 0.29) is 5.91 Å². The highest BCUT2D eigenvalue weighted by Gasteiger charge is 2.25. The SMILES string of the molecule is CC(C)c1nnc2n1CCN(C(=O)CCc1nc3ccccc3o1)C2. The number of aryl methyl sites for hydroxylation is 1. The molecule has 1 aromatic carbocycles. The molecule has 0 atom stereocenters. The molecule has 1 aliphatic heterocycles. The topological polar surface area (TPSA) is 77.1 Å². The van der Waals surface area contributed by atoms with E-state index in [1.165, 1.54) is 0 Å². The molecular formula is C18H21N5O2. The van der Waals surface area contributed by atoms with Gasteiger partial charge in [0.2, 0.25) is 5.91 Å². The summed E-state index contributed by atoms with van der Waals surface area (Å²) >= 11 is 0. The summed E-state index contributed by atoms with van der Waals surface area (Å²) in [6.07, 6.45) is 0.895. The Morgan fingerprint density at radius 2 is 2.08 bits per heavy atom. The average Bonchev–Trinajstić information content (AvgIpc) is 3.22. The van der Waals surface area contributed by atoms with Crippen LogP contribution in [-0.2, 0) is 24.3 Å². The molecule has 3 heterocycles. The fraction of sp³-hybridized carbons (Fsp3) is 0.444. The number of hydrogen-bond donors (Lipinski definition) is 0. The zero-order chi connectivity index (χ0) is 17.4. The van der Waals surface area contributed by atoms with Crippen molar-refractivity contribution in [1.82, 2.24) is 24.6 Å². The van der Waals surface area contributed by atoms with E-state index in [9.17, 15) is 4.79 Å². The predicted molar refractivity (Wildman–Crippen MR) is 91.9 cm³/mol. The maximum absolute atomic E-state index is 12.5. The Balaban J connectivity index is 1.40. The van der Waals surface area contributed by atoms with Crippen LogP contribution in [0, 0.1) is 0 Å². The molecule has 0 unspecified atom stereocenters. The molecule has 0 N–H and O–H groups in total. The molecule has 0 bridgehead atoms. The Hall–Kier alpha value is -2.70. The summed E-state index contributed by atoms with van der Waals surface area (Å²) in [4.78, 5) is 18.8. The first kappa shape index (κ1) is 15.8. The van der Waals surface area contributed by atoms with Gasteiger partial charge in [-0.2, -0.15) is 0 Å². The summed E-state index contributed by atoms with van der Waals surface area (Å²) < 4.78 is 7.82. The number of aromatic nitrogens is 4. The second-order valence-electron chi connectivity index (χ2n) is 6.67. The van der Waals surface area contributed by atoms with Crippen molar-refractivity contribution in [2.75, 3.05) is 6.54 Å². The summed E-state index contributed by atoms with van der Waals surface area (Å²) in [6.45, 7) is 6.18. The summed E-state index contributed by atoms with van der Waals surface area (Å²) in [5, 5.41) is 8.50. The highest BCUT2D eigenvalue weighted by Crippen LogP contribution is 2.20. The van der Waals surface area contributed by atoms with Crippen LogP contribution < -0.4 is 0 Å². The van der Waals surface area contributed by atoms with Gasteiger partial charge in [-0.05, 0) is 12.1 Å². The molecule has 2 aromatic heterocycles. The van der Waals surface area contributed by atoms with Gasteiger partial charge in [0.15, 0.2) is 17.3 Å². The van der Waals surface area contributed by atoms with Crippen LogP contribution in [-0.4, -0.2) is 37.1 Å². The van der Waals surface area contributed by atoms with Gasteiger partial charge >= 0.3 is 0 Å². The lowest BCUT2D eigenvalue weighted by atomic mass is 10.2. The van der Waals surface area contributed by atoms with Gasteiger partial charge in [-0.3, -0.25) is 4.79 Å². The second-order valence-corrected chi connectivity index (χ2v) is 6.67. The Labute approximate surface area is 145 Å². The van der Waals surface area contributed by atoms with Gasteiger partial charge in [-0.15, -0.1) is 10.2 Å². The summed E-state index contributed by atoms with van der Waals surface area (Å²) in [7, 11) is 0. The van der Waals surface area contributed by atoms with Gasteiger partial charge in [-0.1, -0.05) is 26.0 Å². The van der Waals surface area contributed by atoms with Crippen molar-refractivity contribution in [1.29, 1.82) is 0 Å². The van der Waals surface area contributed by atoms with E-state index in [1.54, 1.807) is 0 Å². The van der Waals surface area contributed by atoms with Gasteiger partial charge in [0, 0.05) is 31.8 Å². The van der Waals surface area contributed by atoms with Gasteiger partial charge in [0.05, 0.1) is 6.54 Å². The fourth-order valence-corrected chi connectivity index (χ4v) is 3.22. The van der Waals surface area contributed by atoms with E-state index in [0.717, 1.165) is 29.3 Å². The molecule has 4 rings (SSSR count). The maximum Gasteiger partial charge on any atom is 0.223 e. The van der Waals surface area contributed by atoms with Crippen molar-refractivity contribution in [2.24, 2.45) is 0 Å². The quantitative estimate of drug-likeness (QED) is 0.730. The lowest BCUT2D eigenvalue weighted by Gasteiger charge is -2.28. The number of rotatable bonds is 4.